The number of benzene rings is 2. The highest BCUT2D eigenvalue weighted by molar-refractivity contribution is 6.21. The topological polar surface area (TPSA) is 43.1 Å². The van der Waals surface area contributed by atoms with E-state index >= 15 is 0 Å². The molecule has 2 nitrogen and oxygen atoms in total. The molecule has 1 aliphatic carbocycles. The molecule has 0 heterocycles. The van der Waals surface area contributed by atoms with Gasteiger partial charge in [-0.2, -0.15) is 0 Å². The molecule has 0 saturated heterocycles. The number of hydrogen-bond acceptors (Lipinski definition) is 2. The predicted octanol–water partition coefficient (Wildman–Crippen LogP) is 2.47. The zero-order valence-electron chi connectivity index (χ0n) is 9.10. The smallest absolute Gasteiger partial charge is 0.194 e. The summed E-state index contributed by atoms with van der Waals surface area (Å²) in [5.41, 5.74) is 8.28. The Balaban J connectivity index is 0.000000457. The van der Waals surface area contributed by atoms with Gasteiger partial charge in [-0.3, -0.25) is 4.79 Å². The monoisotopic (exact) mass is 211 g/mol. The molecule has 2 aromatic rings. The van der Waals surface area contributed by atoms with Gasteiger partial charge in [-0.15, -0.1) is 0 Å². The molecule has 2 aromatic carbocycles. The molecule has 0 bridgehead atoms. The van der Waals surface area contributed by atoms with Crippen LogP contribution in [0.3, 0.4) is 0 Å². The lowest BCUT2D eigenvalue weighted by atomic mass is 10.1. The zero-order valence-corrected chi connectivity index (χ0v) is 9.10. The van der Waals surface area contributed by atoms with Crippen LogP contribution in [0.15, 0.2) is 48.5 Å². The second-order valence-corrected chi connectivity index (χ2v) is 3.42. The molecule has 0 atom stereocenters. The molecular weight excluding hydrogens is 198 g/mol. The van der Waals surface area contributed by atoms with E-state index in [1.165, 1.54) is 7.05 Å². The summed E-state index contributed by atoms with van der Waals surface area (Å²) >= 11 is 0. The normalized spacial score (nSPS) is 11.2. The van der Waals surface area contributed by atoms with Crippen LogP contribution in [0.1, 0.15) is 15.9 Å². The quantitative estimate of drug-likeness (QED) is 0.620. The number of nitrogens with two attached hydrogens (primary N) is 1. The molecule has 0 amide bonds. The van der Waals surface area contributed by atoms with Gasteiger partial charge in [0.05, 0.1) is 0 Å². The SMILES string of the molecule is CN.O=C1c2ccccc2-c2ccccc21. The van der Waals surface area contributed by atoms with Crippen molar-refractivity contribution in [2.45, 2.75) is 0 Å². The Bertz CT molecular complexity index is 484. The number of rotatable bonds is 0. The van der Waals surface area contributed by atoms with Gasteiger partial charge in [-0.1, -0.05) is 48.5 Å². The standard InChI is InChI=1S/C13H8O.CH5N/c14-13-11-7-3-1-5-9(11)10-6-2-4-8-12(10)13;1-2/h1-8H;2H2,1H3. The van der Waals surface area contributed by atoms with E-state index in [0.717, 1.165) is 22.3 Å². The van der Waals surface area contributed by atoms with Gasteiger partial charge < -0.3 is 5.73 Å². The highest BCUT2D eigenvalue weighted by atomic mass is 16.1. The van der Waals surface area contributed by atoms with Gasteiger partial charge in [-0.05, 0) is 18.2 Å². The van der Waals surface area contributed by atoms with Crippen LogP contribution in [-0.2, 0) is 0 Å². The van der Waals surface area contributed by atoms with Gasteiger partial charge in [-0.25, -0.2) is 0 Å². The summed E-state index contributed by atoms with van der Waals surface area (Å²) in [5, 5.41) is 0. The van der Waals surface area contributed by atoms with Crippen LogP contribution in [0, 0.1) is 0 Å². The zero-order chi connectivity index (χ0) is 11.5. The molecule has 0 saturated carbocycles. The first-order valence-corrected chi connectivity index (χ1v) is 5.19. The molecule has 2 N–H and O–H groups in total. The minimum Gasteiger partial charge on any atom is -0.333 e. The fraction of sp³-hybridized carbons (Fsp3) is 0.0714. The molecule has 0 spiro atoms. The van der Waals surface area contributed by atoms with E-state index in [9.17, 15) is 4.79 Å². The molecule has 0 radical (unpaired) electrons. The maximum Gasteiger partial charge on any atom is 0.194 e. The molecular formula is C14H13NO. The first-order chi connectivity index (χ1) is 7.88. The largest absolute Gasteiger partial charge is 0.333 e. The third-order valence-corrected chi connectivity index (χ3v) is 2.63. The van der Waals surface area contributed by atoms with Gasteiger partial charge >= 0.3 is 0 Å². The number of ketones is 1. The van der Waals surface area contributed by atoms with Crippen molar-refractivity contribution >= 4 is 5.78 Å². The van der Waals surface area contributed by atoms with Crippen molar-refractivity contribution in [1.29, 1.82) is 0 Å². The van der Waals surface area contributed by atoms with Crippen molar-refractivity contribution in [2.75, 3.05) is 7.05 Å². The van der Waals surface area contributed by atoms with Crippen molar-refractivity contribution in [1.82, 2.24) is 0 Å². The molecule has 0 aromatic heterocycles. The molecule has 3 rings (SSSR count). The fourth-order valence-electron chi connectivity index (χ4n) is 1.98. The van der Waals surface area contributed by atoms with Crippen molar-refractivity contribution in [3.05, 3.63) is 59.7 Å². The molecule has 16 heavy (non-hydrogen) atoms. The van der Waals surface area contributed by atoms with E-state index in [2.05, 4.69) is 5.73 Å². The predicted molar refractivity (Wildman–Crippen MR) is 65.4 cm³/mol. The maximum atomic E-state index is 11.9. The highest BCUT2D eigenvalue weighted by Gasteiger charge is 2.24. The first kappa shape index (κ1) is 10.6. The Labute approximate surface area is 94.7 Å². The molecule has 0 unspecified atom stereocenters. The van der Waals surface area contributed by atoms with Gasteiger partial charge in [0.1, 0.15) is 0 Å². The summed E-state index contributed by atoms with van der Waals surface area (Å²) in [6.07, 6.45) is 0. The Morgan fingerprint density at radius 1 is 0.688 bits per heavy atom. The minimum absolute atomic E-state index is 0.149. The Hall–Kier alpha value is -1.93. The van der Waals surface area contributed by atoms with Crippen LogP contribution in [0.4, 0.5) is 0 Å². The lowest BCUT2D eigenvalue weighted by molar-refractivity contribution is 0.104. The maximum absolute atomic E-state index is 11.9. The second kappa shape index (κ2) is 4.29. The van der Waals surface area contributed by atoms with Gasteiger partial charge in [0.2, 0.25) is 0 Å². The van der Waals surface area contributed by atoms with E-state index < -0.39 is 0 Å². The molecule has 1 aliphatic rings. The number of carbonyl (C=O) groups excluding carboxylic acids is 1. The highest BCUT2D eigenvalue weighted by Crippen LogP contribution is 2.35. The molecule has 0 aliphatic heterocycles. The van der Waals surface area contributed by atoms with E-state index in [4.69, 9.17) is 0 Å². The molecule has 80 valence electrons. The van der Waals surface area contributed by atoms with Gasteiger partial charge in [0.15, 0.2) is 5.78 Å². The molecule has 2 heteroatoms. The van der Waals surface area contributed by atoms with Crippen LogP contribution in [0.25, 0.3) is 11.1 Å². The molecule has 0 fully saturated rings. The summed E-state index contributed by atoms with van der Waals surface area (Å²) in [5.74, 6) is 0.149. The third-order valence-electron chi connectivity index (χ3n) is 2.63. The summed E-state index contributed by atoms with van der Waals surface area (Å²) < 4.78 is 0. The first-order valence-electron chi connectivity index (χ1n) is 5.19. The number of hydrogen-bond donors (Lipinski definition) is 1. The van der Waals surface area contributed by atoms with Crippen molar-refractivity contribution in [2.24, 2.45) is 5.73 Å². The van der Waals surface area contributed by atoms with E-state index in [1.54, 1.807) is 0 Å². The van der Waals surface area contributed by atoms with Gasteiger partial charge in [0.25, 0.3) is 0 Å². The lowest BCUT2D eigenvalue weighted by Gasteiger charge is -1.96. The Morgan fingerprint density at radius 3 is 1.38 bits per heavy atom. The van der Waals surface area contributed by atoms with E-state index in [-0.39, 0.29) is 5.78 Å². The van der Waals surface area contributed by atoms with Crippen LogP contribution in [-0.4, -0.2) is 12.8 Å². The fourth-order valence-corrected chi connectivity index (χ4v) is 1.98. The lowest BCUT2D eigenvalue weighted by Crippen LogP contribution is -1.93. The summed E-state index contributed by atoms with van der Waals surface area (Å²) in [6.45, 7) is 0. The number of carbonyl (C=O) groups is 1. The summed E-state index contributed by atoms with van der Waals surface area (Å²) in [6, 6.07) is 15.5. The van der Waals surface area contributed by atoms with Crippen LogP contribution >= 0.6 is 0 Å². The average molecular weight is 211 g/mol. The van der Waals surface area contributed by atoms with Crippen LogP contribution < -0.4 is 5.73 Å². The summed E-state index contributed by atoms with van der Waals surface area (Å²) in [4.78, 5) is 11.9. The number of fused-ring (bicyclic) bond motifs is 3. The van der Waals surface area contributed by atoms with Crippen molar-refractivity contribution in [3.8, 4) is 11.1 Å². The minimum atomic E-state index is 0.149. The summed E-state index contributed by atoms with van der Waals surface area (Å²) in [7, 11) is 1.50. The van der Waals surface area contributed by atoms with Gasteiger partial charge in [0, 0.05) is 11.1 Å². The third kappa shape index (κ3) is 1.44. The van der Waals surface area contributed by atoms with Crippen LogP contribution in [0.5, 0.6) is 0 Å². The van der Waals surface area contributed by atoms with Crippen LogP contribution in [0.2, 0.25) is 0 Å². The Morgan fingerprint density at radius 2 is 1.00 bits per heavy atom. The Kier molecular flexibility index (Phi) is 2.84. The average Bonchev–Trinajstić information content (AvgIpc) is 2.67. The van der Waals surface area contributed by atoms with E-state index in [0.29, 0.717) is 0 Å². The van der Waals surface area contributed by atoms with E-state index in [1.807, 2.05) is 48.5 Å². The van der Waals surface area contributed by atoms with Crippen molar-refractivity contribution in [3.63, 3.8) is 0 Å². The second-order valence-electron chi connectivity index (χ2n) is 3.42. The van der Waals surface area contributed by atoms with Crippen molar-refractivity contribution < 1.29 is 4.79 Å².